The molecule has 2 fully saturated rings. The minimum absolute atomic E-state index is 0.163. The van der Waals surface area contributed by atoms with Crippen LogP contribution in [0.1, 0.15) is 24.0 Å². The lowest BCUT2D eigenvalue weighted by molar-refractivity contribution is -0.118. The first-order valence-electron chi connectivity index (χ1n) is 9.32. The Morgan fingerprint density at radius 3 is 2.88 bits per heavy atom. The molecule has 2 heterocycles. The third-order valence-corrected chi connectivity index (χ3v) is 5.38. The van der Waals surface area contributed by atoms with Gasteiger partial charge in [0.05, 0.1) is 32.5 Å². The van der Waals surface area contributed by atoms with Crippen LogP contribution in [0.2, 0.25) is 0 Å². The molecule has 1 saturated carbocycles. The molecule has 1 aromatic heterocycles. The van der Waals surface area contributed by atoms with Gasteiger partial charge >= 0.3 is 0 Å². The van der Waals surface area contributed by atoms with Gasteiger partial charge in [0, 0.05) is 31.5 Å². The first-order chi connectivity index (χ1) is 12.8. The summed E-state index contributed by atoms with van der Waals surface area (Å²) in [4.78, 5) is 6.60. The highest BCUT2D eigenvalue weighted by molar-refractivity contribution is 5.28. The van der Waals surface area contributed by atoms with Crippen LogP contribution in [0.4, 0.5) is 0 Å². The molecule has 1 aromatic carbocycles. The Morgan fingerprint density at radius 1 is 1.15 bits per heavy atom. The number of hydrogen-bond donors (Lipinski definition) is 0. The molecule has 2 aliphatic rings. The Balaban J connectivity index is 1.38. The highest BCUT2D eigenvalue weighted by atomic mass is 16.5. The molecule has 2 aromatic rings. The minimum Gasteiger partial charge on any atom is -0.497 e. The average Bonchev–Trinajstić information content (AvgIpc) is 3.11. The number of pyridine rings is 1. The van der Waals surface area contributed by atoms with Crippen molar-refractivity contribution < 1.29 is 14.2 Å². The predicted octanol–water partition coefficient (Wildman–Crippen LogP) is 3.04. The van der Waals surface area contributed by atoms with Gasteiger partial charge in [-0.2, -0.15) is 0 Å². The van der Waals surface area contributed by atoms with E-state index in [1.165, 1.54) is 5.56 Å². The molecule has 0 unspecified atom stereocenters. The number of nitrogens with zero attached hydrogens (tertiary/aromatic N) is 2. The molecule has 0 radical (unpaired) electrons. The van der Waals surface area contributed by atoms with Crippen LogP contribution in [-0.2, 0) is 22.6 Å². The van der Waals surface area contributed by atoms with Gasteiger partial charge in [0.25, 0.3) is 0 Å². The number of methoxy groups -OCH3 is 1. The summed E-state index contributed by atoms with van der Waals surface area (Å²) in [6.07, 6.45) is 6.12. The second kappa shape index (κ2) is 8.16. The van der Waals surface area contributed by atoms with Crippen molar-refractivity contribution in [1.82, 2.24) is 9.88 Å². The maximum atomic E-state index is 6.19. The van der Waals surface area contributed by atoms with E-state index in [0.717, 1.165) is 43.9 Å². The summed E-state index contributed by atoms with van der Waals surface area (Å²) in [6, 6.07) is 12.8. The molecule has 1 aliphatic carbocycles. The first kappa shape index (κ1) is 17.5. The lowest BCUT2D eigenvalue weighted by Gasteiger charge is -2.39. The van der Waals surface area contributed by atoms with Crippen molar-refractivity contribution in [2.75, 3.05) is 20.3 Å². The molecule has 26 heavy (non-hydrogen) atoms. The Labute approximate surface area is 154 Å². The summed E-state index contributed by atoms with van der Waals surface area (Å²) in [7, 11) is 1.71. The molecule has 0 spiro atoms. The lowest BCUT2D eigenvalue weighted by atomic mass is 10.1. The normalized spacial score (nSPS) is 25.8. The van der Waals surface area contributed by atoms with Crippen LogP contribution in [0.3, 0.4) is 0 Å². The lowest BCUT2D eigenvalue weighted by Crippen LogP contribution is -2.51. The van der Waals surface area contributed by atoms with Crippen LogP contribution >= 0.6 is 0 Å². The fourth-order valence-corrected chi connectivity index (χ4v) is 4.05. The van der Waals surface area contributed by atoms with Gasteiger partial charge in [-0.25, -0.2) is 0 Å². The van der Waals surface area contributed by atoms with E-state index in [1.54, 1.807) is 7.11 Å². The van der Waals surface area contributed by atoms with Gasteiger partial charge in [-0.3, -0.25) is 9.88 Å². The Kier molecular flexibility index (Phi) is 5.48. The second-order valence-electron chi connectivity index (χ2n) is 7.01. The number of ether oxygens (including phenoxy) is 3. The quantitative estimate of drug-likeness (QED) is 0.798. The van der Waals surface area contributed by atoms with Crippen molar-refractivity contribution in [1.29, 1.82) is 0 Å². The van der Waals surface area contributed by atoms with Crippen LogP contribution in [-0.4, -0.2) is 48.4 Å². The molecular weight excluding hydrogens is 328 g/mol. The van der Waals surface area contributed by atoms with Gasteiger partial charge < -0.3 is 14.2 Å². The van der Waals surface area contributed by atoms with E-state index in [1.807, 2.05) is 30.6 Å². The summed E-state index contributed by atoms with van der Waals surface area (Å²) in [5.41, 5.74) is 2.44. The topological polar surface area (TPSA) is 43.8 Å². The van der Waals surface area contributed by atoms with Crippen molar-refractivity contribution in [3.05, 3.63) is 59.9 Å². The smallest absolute Gasteiger partial charge is 0.119 e. The van der Waals surface area contributed by atoms with E-state index < -0.39 is 0 Å². The molecule has 0 N–H and O–H groups in total. The number of hydrogen-bond acceptors (Lipinski definition) is 5. The standard InChI is InChI=1S/C21H26N2O3/c1-24-18-4-2-3-17(13-18)14-23-11-12-25-21-19(23)5-6-20(21)26-15-16-7-9-22-10-8-16/h2-4,7-10,13,19-21H,5-6,11-12,14-15H2,1H3/t19-,20-,21+/m0/s1. The zero-order chi connectivity index (χ0) is 17.8. The number of benzene rings is 1. The molecule has 5 nitrogen and oxygen atoms in total. The molecule has 1 saturated heterocycles. The summed E-state index contributed by atoms with van der Waals surface area (Å²) >= 11 is 0. The van der Waals surface area contributed by atoms with E-state index >= 15 is 0 Å². The van der Waals surface area contributed by atoms with Crippen molar-refractivity contribution in [3.63, 3.8) is 0 Å². The molecule has 0 bridgehead atoms. The molecule has 5 heteroatoms. The highest BCUT2D eigenvalue weighted by Gasteiger charge is 2.43. The fraction of sp³-hybridized carbons (Fsp3) is 0.476. The van der Waals surface area contributed by atoms with Gasteiger partial charge in [-0.1, -0.05) is 12.1 Å². The Bertz CT molecular complexity index is 709. The number of rotatable bonds is 6. The van der Waals surface area contributed by atoms with E-state index in [-0.39, 0.29) is 12.2 Å². The van der Waals surface area contributed by atoms with Crippen LogP contribution in [0, 0.1) is 0 Å². The minimum atomic E-state index is 0.163. The Hall–Kier alpha value is -1.95. The number of aromatic nitrogens is 1. The molecular formula is C21H26N2O3. The van der Waals surface area contributed by atoms with Gasteiger partial charge in [-0.15, -0.1) is 0 Å². The molecule has 0 amide bonds. The van der Waals surface area contributed by atoms with E-state index in [9.17, 15) is 0 Å². The Morgan fingerprint density at radius 2 is 2.04 bits per heavy atom. The van der Waals surface area contributed by atoms with Crippen molar-refractivity contribution >= 4 is 0 Å². The van der Waals surface area contributed by atoms with Crippen molar-refractivity contribution in [3.8, 4) is 5.75 Å². The largest absolute Gasteiger partial charge is 0.497 e. The summed E-state index contributed by atoms with van der Waals surface area (Å²) < 4.78 is 17.7. The summed E-state index contributed by atoms with van der Waals surface area (Å²) in [6.45, 7) is 3.28. The van der Waals surface area contributed by atoms with Crippen molar-refractivity contribution in [2.24, 2.45) is 0 Å². The zero-order valence-corrected chi connectivity index (χ0v) is 15.2. The molecule has 4 rings (SSSR count). The molecule has 3 atom stereocenters. The maximum absolute atomic E-state index is 6.19. The third-order valence-electron chi connectivity index (χ3n) is 5.38. The van der Waals surface area contributed by atoms with Gasteiger partial charge in [-0.05, 0) is 48.2 Å². The van der Waals surface area contributed by atoms with Gasteiger partial charge in [0.1, 0.15) is 5.75 Å². The van der Waals surface area contributed by atoms with Crippen molar-refractivity contribution in [2.45, 2.75) is 44.2 Å². The van der Waals surface area contributed by atoms with E-state index in [2.05, 4.69) is 28.1 Å². The summed E-state index contributed by atoms with van der Waals surface area (Å²) in [5.74, 6) is 0.914. The third kappa shape index (κ3) is 3.90. The molecule has 138 valence electrons. The summed E-state index contributed by atoms with van der Waals surface area (Å²) in [5, 5.41) is 0. The van der Waals surface area contributed by atoms with Gasteiger partial charge in [0.2, 0.25) is 0 Å². The maximum Gasteiger partial charge on any atom is 0.119 e. The average molecular weight is 354 g/mol. The molecule has 1 aliphatic heterocycles. The first-order valence-corrected chi connectivity index (χ1v) is 9.32. The van der Waals surface area contributed by atoms with E-state index in [0.29, 0.717) is 12.6 Å². The number of morpholine rings is 1. The SMILES string of the molecule is COc1cccc(CN2CCO[C@H]3[C@@H](OCc4ccncc4)CC[C@@H]32)c1. The van der Waals surface area contributed by atoms with Crippen LogP contribution in [0.25, 0.3) is 0 Å². The van der Waals surface area contributed by atoms with Gasteiger partial charge in [0.15, 0.2) is 0 Å². The van der Waals surface area contributed by atoms with Crippen LogP contribution in [0.5, 0.6) is 5.75 Å². The zero-order valence-electron chi connectivity index (χ0n) is 15.2. The van der Waals surface area contributed by atoms with E-state index in [4.69, 9.17) is 14.2 Å². The fourth-order valence-electron chi connectivity index (χ4n) is 4.05. The van der Waals surface area contributed by atoms with Crippen LogP contribution < -0.4 is 4.74 Å². The second-order valence-corrected chi connectivity index (χ2v) is 7.01. The highest BCUT2D eigenvalue weighted by Crippen LogP contribution is 2.33. The predicted molar refractivity (Wildman–Crippen MR) is 99.0 cm³/mol. The van der Waals surface area contributed by atoms with Crippen LogP contribution in [0.15, 0.2) is 48.8 Å². The monoisotopic (exact) mass is 354 g/mol. The number of fused-ring (bicyclic) bond motifs is 1.